The summed E-state index contributed by atoms with van der Waals surface area (Å²) < 4.78 is 0. The van der Waals surface area contributed by atoms with Crippen LogP contribution in [0.1, 0.15) is 52.4 Å². The summed E-state index contributed by atoms with van der Waals surface area (Å²) in [5, 5.41) is 9.43. The monoisotopic (exact) mass is 263 g/mol. The Morgan fingerprint density at radius 1 is 1.11 bits per heavy atom. The first-order valence-corrected chi connectivity index (χ1v) is 8.17. The Kier molecular flexibility index (Phi) is 5.66. The maximum atomic E-state index is 9.43. The van der Waals surface area contributed by atoms with E-state index < -0.39 is 0 Å². The molecule has 3 nitrogen and oxygen atoms in total. The Bertz CT molecular complexity index is 306. The van der Waals surface area contributed by atoms with Crippen LogP contribution in [0.3, 0.4) is 0 Å². The minimum atomic E-state index is 0.276. The Hall–Kier alpha value is -0.590. The van der Waals surface area contributed by atoms with E-state index in [-0.39, 0.29) is 5.92 Å². The van der Waals surface area contributed by atoms with Gasteiger partial charge in [0.15, 0.2) is 0 Å². The number of hydrogen-bond acceptors (Lipinski definition) is 3. The molecule has 3 atom stereocenters. The molecule has 0 aromatic heterocycles. The van der Waals surface area contributed by atoms with Gasteiger partial charge in [0.25, 0.3) is 0 Å². The molecule has 0 aromatic rings. The van der Waals surface area contributed by atoms with Gasteiger partial charge in [-0.3, -0.25) is 9.80 Å². The lowest BCUT2D eigenvalue weighted by Crippen LogP contribution is -2.42. The lowest BCUT2D eigenvalue weighted by atomic mass is 9.95. The van der Waals surface area contributed by atoms with Crippen molar-refractivity contribution >= 4 is 0 Å². The minimum Gasteiger partial charge on any atom is -0.300 e. The Morgan fingerprint density at radius 3 is 2.53 bits per heavy atom. The molecule has 0 N–H and O–H groups in total. The Balaban J connectivity index is 1.96. The summed E-state index contributed by atoms with van der Waals surface area (Å²) >= 11 is 0. The normalized spacial score (nSPS) is 33.3. The first-order chi connectivity index (χ1) is 9.30. The smallest absolute Gasteiger partial charge is 0.0672 e. The average Bonchev–Trinajstić information content (AvgIpc) is 2.78. The SMILES string of the molecule is CCN(CC)C1CCN(C2CCCCCC2C#N)C1. The summed E-state index contributed by atoms with van der Waals surface area (Å²) in [6.07, 6.45) is 7.53. The van der Waals surface area contributed by atoms with E-state index in [4.69, 9.17) is 0 Å². The molecule has 19 heavy (non-hydrogen) atoms. The number of hydrogen-bond donors (Lipinski definition) is 0. The minimum absolute atomic E-state index is 0.276. The lowest BCUT2D eigenvalue weighted by Gasteiger charge is -2.31. The molecule has 1 aliphatic heterocycles. The van der Waals surface area contributed by atoms with Crippen molar-refractivity contribution in [3.05, 3.63) is 0 Å². The molecule has 0 amide bonds. The largest absolute Gasteiger partial charge is 0.300 e. The highest BCUT2D eigenvalue weighted by atomic mass is 15.3. The average molecular weight is 263 g/mol. The molecule has 1 saturated heterocycles. The van der Waals surface area contributed by atoms with E-state index in [0.29, 0.717) is 6.04 Å². The van der Waals surface area contributed by atoms with Crippen molar-refractivity contribution in [3.8, 4) is 6.07 Å². The highest BCUT2D eigenvalue weighted by Crippen LogP contribution is 2.30. The van der Waals surface area contributed by atoms with E-state index in [1.807, 2.05) is 0 Å². The van der Waals surface area contributed by atoms with Crippen molar-refractivity contribution in [3.63, 3.8) is 0 Å². The summed E-state index contributed by atoms with van der Waals surface area (Å²) in [7, 11) is 0. The molecule has 0 bridgehead atoms. The fourth-order valence-corrected chi connectivity index (χ4v) is 3.98. The molecular formula is C16H29N3. The summed E-state index contributed by atoms with van der Waals surface area (Å²) in [6, 6.07) is 3.84. The molecule has 2 rings (SSSR count). The van der Waals surface area contributed by atoms with Gasteiger partial charge in [-0.25, -0.2) is 0 Å². The third-order valence-corrected chi connectivity index (χ3v) is 5.14. The zero-order valence-corrected chi connectivity index (χ0v) is 12.6. The van der Waals surface area contributed by atoms with E-state index in [1.54, 1.807) is 0 Å². The predicted octanol–water partition coefficient (Wildman–Crippen LogP) is 2.87. The van der Waals surface area contributed by atoms with Crippen LogP contribution in [0.25, 0.3) is 0 Å². The van der Waals surface area contributed by atoms with Crippen LogP contribution in [0.5, 0.6) is 0 Å². The highest BCUT2D eigenvalue weighted by molar-refractivity contribution is 4.97. The molecule has 2 aliphatic rings. The number of rotatable bonds is 4. The van der Waals surface area contributed by atoms with Gasteiger partial charge in [0, 0.05) is 25.2 Å². The second kappa shape index (κ2) is 7.26. The van der Waals surface area contributed by atoms with Crippen LogP contribution in [-0.2, 0) is 0 Å². The molecular weight excluding hydrogens is 234 g/mol. The quantitative estimate of drug-likeness (QED) is 0.731. The topological polar surface area (TPSA) is 30.3 Å². The molecule has 3 unspecified atom stereocenters. The summed E-state index contributed by atoms with van der Waals surface area (Å²) in [5.41, 5.74) is 0. The number of nitrogens with zero attached hydrogens (tertiary/aromatic N) is 3. The second-order valence-electron chi connectivity index (χ2n) is 6.10. The molecule has 2 fully saturated rings. The van der Waals surface area contributed by atoms with E-state index in [0.717, 1.165) is 25.6 Å². The Labute approximate surface area is 118 Å². The molecule has 1 saturated carbocycles. The van der Waals surface area contributed by atoms with Gasteiger partial charge in [-0.15, -0.1) is 0 Å². The predicted molar refractivity (Wildman–Crippen MR) is 78.9 cm³/mol. The van der Waals surface area contributed by atoms with Crippen LogP contribution < -0.4 is 0 Å². The van der Waals surface area contributed by atoms with Crippen LogP contribution in [0.15, 0.2) is 0 Å². The van der Waals surface area contributed by atoms with Gasteiger partial charge in [-0.1, -0.05) is 33.1 Å². The van der Waals surface area contributed by atoms with Gasteiger partial charge < -0.3 is 0 Å². The first kappa shape index (κ1) is 14.8. The second-order valence-corrected chi connectivity index (χ2v) is 6.10. The number of likely N-dealkylation sites (N-methyl/N-ethyl adjacent to an activating group) is 1. The van der Waals surface area contributed by atoms with Crippen LogP contribution in [-0.4, -0.2) is 48.1 Å². The molecule has 1 heterocycles. The number of likely N-dealkylation sites (tertiary alicyclic amines) is 1. The van der Waals surface area contributed by atoms with Gasteiger partial charge >= 0.3 is 0 Å². The molecule has 3 heteroatoms. The third-order valence-electron chi connectivity index (χ3n) is 5.14. The van der Waals surface area contributed by atoms with Crippen LogP contribution >= 0.6 is 0 Å². The van der Waals surface area contributed by atoms with Gasteiger partial charge in [-0.2, -0.15) is 5.26 Å². The first-order valence-electron chi connectivity index (χ1n) is 8.17. The van der Waals surface area contributed by atoms with Gasteiger partial charge in [0.2, 0.25) is 0 Å². The van der Waals surface area contributed by atoms with Crippen molar-refractivity contribution in [1.82, 2.24) is 9.80 Å². The fraction of sp³-hybridized carbons (Fsp3) is 0.938. The zero-order valence-electron chi connectivity index (χ0n) is 12.6. The van der Waals surface area contributed by atoms with Gasteiger partial charge in [0.05, 0.1) is 12.0 Å². The van der Waals surface area contributed by atoms with E-state index in [9.17, 15) is 5.26 Å². The molecule has 108 valence electrons. The maximum absolute atomic E-state index is 9.43. The van der Waals surface area contributed by atoms with Crippen molar-refractivity contribution < 1.29 is 0 Å². The fourth-order valence-electron chi connectivity index (χ4n) is 3.98. The zero-order chi connectivity index (χ0) is 13.7. The maximum Gasteiger partial charge on any atom is 0.0672 e. The van der Waals surface area contributed by atoms with Crippen molar-refractivity contribution in [2.24, 2.45) is 5.92 Å². The molecule has 1 aliphatic carbocycles. The standard InChI is InChI=1S/C16H29N3/c1-3-18(4-2)15-10-11-19(13-15)16-9-7-5-6-8-14(16)12-17/h14-16H,3-11,13H2,1-2H3. The van der Waals surface area contributed by atoms with Crippen molar-refractivity contribution in [2.45, 2.75) is 64.5 Å². The molecule has 0 radical (unpaired) electrons. The molecule has 0 aromatic carbocycles. The van der Waals surface area contributed by atoms with Crippen LogP contribution in [0, 0.1) is 17.2 Å². The van der Waals surface area contributed by atoms with E-state index in [2.05, 4.69) is 29.7 Å². The van der Waals surface area contributed by atoms with E-state index in [1.165, 1.54) is 45.2 Å². The van der Waals surface area contributed by atoms with Crippen LogP contribution in [0.2, 0.25) is 0 Å². The van der Waals surface area contributed by atoms with Crippen LogP contribution in [0.4, 0.5) is 0 Å². The molecule has 0 spiro atoms. The Morgan fingerprint density at radius 2 is 1.84 bits per heavy atom. The number of nitriles is 1. The van der Waals surface area contributed by atoms with Crippen molar-refractivity contribution in [2.75, 3.05) is 26.2 Å². The summed E-state index contributed by atoms with van der Waals surface area (Å²) in [4.78, 5) is 5.21. The van der Waals surface area contributed by atoms with E-state index >= 15 is 0 Å². The summed E-state index contributed by atoms with van der Waals surface area (Å²) in [5.74, 6) is 0.276. The van der Waals surface area contributed by atoms with Gasteiger partial charge in [0.1, 0.15) is 0 Å². The summed E-state index contributed by atoms with van der Waals surface area (Å²) in [6.45, 7) is 9.21. The third kappa shape index (κ3) is 3.49. The van der Waals surface area contributed by atoms with Gasteiger partial charge in [-0.05, 0) is 32.4 Å². The lowest BCUT2D eigenvalue weighted by molar-refractivity contribution is 0.160. The van der Waals surface area contributed by atoms with Crippen molar-refractivity contribution in [1.29, 1.82) is 5.26 Å². The highest BCUT2D eigenvalue weighted by Gasteiger charge is 2.35.